The van der Waals surface area contributed by atoms with Crippen molar-refractivity contribution in [2.45, 2.75) is 6.42 Å². The second-order valence-electron chi connectivity index (χ2n) is 3.78. The fourth-order valence-electron chi connectivity index (χ4n) is 1.51. The molecule has 3 nitrogen and oxygen atoms in total. The van der Waals surface area contributed by atoms with Gasteiger partial charge in [-0.15, -0.1) is 11.3 Å². The highest BCUT2D eigenvalue weighted by atomic mass is 35.5. The standard InChI is InChI=1S/C13H12ClNO2S/c14-12-6-5-11(18-12)13(17)15-8-7-9-1-3-10(16)4-2-9/h1-6,16H,7-8H2,(H,15,17). The zero-order valence-electron chi connectivity index (χ0n) is 9.52. The highest BCUT2D eigenvalue weighted by Crippen LogP contribution is 2.21. The molecule has 0 saturated heterocycles. The molecule has 1 heterocycles. The van der Waals surface area contributed by atoms with Crippen LogP contribution in [0.15, 0.2) is 36.4 Å². The van der Waals surface area contributed by atoms with Crippen LogP contribution in [0.1, 0.15) is 15.2 Å². The largest absolute Gasteiger partial charge is 0.508 e. The van der Waals surface area contributed by atoms with Crippen LogP contribution < -0.4 is 5.32 Å². The van der Waals surface area contributed by atoms with Gasteiger partial charge in [-0.2, -0.15) is 0 Å². The minimum atomic E-state index is -0.106. The van der Waals surface area contributed by atoms with Gasteiger partial charge in [-0.25, -0.2) is 0 Å². The highest BCUT2D eigenvalue weighted by molar-refractivity contribution is 7.17. The lowest BCUT2D eigenvalue weighted by Crippen LogP contribution is -2.24. The number of phenolic OH excluding ortho intramolecular Hbond substituents is 1. The second-order valence-corrected chi connectivity index (χ2v) is 5.49. The third-order valence-corrected chi connectivity index (χ3v) is 3.66. The van der Waals surface area contributed by atoms with Crippen molar-refractivity contribution in [1.29, 1.82) is 0 Å². The van der Waals surface area contributed by atoms with Gasteiger partial charge in [0.2, 0.25) is 0 Å². The van der Waals surface area contributed by atoms with Gasteiger partial charge in [0.05, 0.1) is 9.21 Å². The van der Waals surface area contributed by atoms with Crippen LogP contribution in [0.2, 0.25) is 4.34 Å². The summed E-state index contributed by atoms with van der Waals surface area (Å²) in [4.78, 5) is 12.3. The second kappa shape index (κ2) is 5.89. The van der Waals surface area contributed by atoms with E-state index < -0.39 is 0 Å². The molecule has 94 valence electrons. The molecule has 0 fully saturated rings. The average molecular weight is 282 g/mol. The van der Waals surface area contributed by atoms with Gasteiger partial charge >= 0.3 is 0 Å². The topological polar surface area (TPSA) is 49.3 Å². The first-order valence-corrected chi connectivity index (χ1v) is 6.66. The Morgan fingerprint density at radius 2 is 1.94 bits per heavy atom. The molecule has 1 amide bonds. The number of carbonyl (C=O) groups is 1. The average Bonchev–Trinajstić information content (AvgIpc) is 2.78. The Bertz CT molecular complexity index is 536. The summed E-state index contributed by atoms with van der Waals surface area (Å²) in [5.74, 6) is 0.140. The molecule has 0 radical (unpaired) electrons. The minimum Gasteiger partial charge on any atom is -0.508 e. The SMILES string of the molecule is O=C(NCCc1ccc(O)cc1)c1ccc(Cl)s1. The van der Waals surface area contributed by atoms with E-state index in [9.17, 15) is 4.79 Å². The third kappa shape index (κ3) is 3.48. The Morgan fingerprint density at radius 3 is 2.56 bits per heavy atom. The summed E-state index contributed by atoms with van der Waals surface area (Å²) in [5, 5.41) is 12.0. The maximum atomic E-state index is 11.7. The zero-order chi connectivity index (χ0) is 13.0. The van der Waals surface area contributed by atoms with Crippen LogP contribution >= 0.6 is 22.9 Å². The summed E-state index contributed by atoms with van der Waals surface area (Å²) in [6, 6.07) is 10.4. The molecule has 0 aliphatic rings. The van der Waals surface area contributed by atoms with E-state index in [1.54, 1.807) is 24.3 Å². The van der Waals surface area contributed by atoms with Gasteiger partial charge in [-0.05, 0) is 36.2 Å². The number of rotatable bonds is 4. The molecule has 2 rings (SSSR count). The van der Waals surface area contributed by atoms with Crippen molar-refractivity contribution < 1.29 is 9.90 Å². The first kappa shape index (κ1) is 12.9. The number of halogens is 1. The van der Waals surface area contributed by atoms with E-state index in [1.165, 1.54) is 11.3 Å². The van der Waals surface area contributed by atoms with Crippen LogP contribution in [0.25, 0.3) is 0 Å². The first-order valence-electron chi connectivity index (χ1n) is 5.46. The van der Waals surface area contributed by atoms with Crippen molar-refractivity contribution in [3.63, 3.8) is 0 Å². The van der Waals surface area contributed by atoms with Crippen LogP contribution in [0, 0.1) is 0 Å². The Kier molecular flexibility index (Phi) is 4.23. The third-order valence-electron chi connectivity index (χ3n) is 2.43. The molecule has 0 saturated carbocycles. The Labute approximate surface area is 114 Å². The van der Waals surface area contributed by atoms with Gasteiger partial charge in [0.25, 0.3) is 5.91 Å². The van der Waals surface area contributed by atoms with Crippen molar-refractivity contribution in [3.05, 3.63) is 51.2 Å². The molecule has 5 heteroatoms. The lowest BCUT2D eigenvalue weighted by molar-refractivity contribution is 0.0958. The molecule has 1 aromatic heterocycles. The predicted molar refractivity (Wildman–Crippen MR) is 73.5 cm³/mol. The van der Waals surface area contributed by atoms with Crippen LogP contribution in [-0.2, 0) is 6.42 Å². The van der Waals surface area contributed by atoms with Gasteiger partial charge in [-0.3, -0.25) is 4.79 Å². The predicted octanol–water partition coefficient (Wildman–Crippen LogP) is 3.08. The number of thiophene rings is 1. The molecule has 2 N–H and O–H groups in total. The van der Waals surface area contributed by atoms with Crippen molar-refractivity contribution in [1.82, 2.24) is 5.32 Å². The Balaban J connectivity index is 1.82. The van der Waals surface area contributed by atoms with E-state index in [4.69, 9.17) is 16.7 Å². The quantitative estimate of drug-likeness (QED) is 0.905. The molecule has 0 aliphatic carbocycles. The summed E-state index contributed by atoms with van der Waals surface area (Å²) in [7, 11) is 0. The molecule has 0 bridgehead atoms. The number of amides is 1. The van der Waals surface area contributed by atoms with E-state index >= 15 is 0 Å². The van der Waals surface area contributed by atoms with Gasteiger partial charge in [0, 0.05) is 6.54 Å². The fraction of sp³-hybridized carbons (Fsp3) is 0.154. The van der Waals surface area contributed by atoms with E-state index in [0.29, 0.717) is 15.8 Å². The Hall–Kier alpha value is -1.52. The monoisotopic (exact) mass is 281 g/mol. The number of nitrogens with one attached hydrogen (secondary N) is 1. The van der Waals surface area contributed by atoms with Crippen LogP contribution in [-0.4, -0.2) is 17.6 Å². The maximum absolute atomic E-state index is 11.7. The van der Waals surface area contributed by atoms with Crippen LogP contribution in [0.5, 0.6) is 5.75 Å². The highest BCUT2D eigenvalue weighted by Gasteiger charge is 2.07. The normalized spacial score (nSPS) is 10.3. The van der Waals surface area contributed by atoms with E-state index in [1.807, 2.05) is 12.1 Å². The molecular formula is C13H12ClNO2S. The van der Waals surface area contributed by atoms with Crippen LogP contribution in [0.4, 0.5) is 0 Å². The van der Waals surface area contributed by atoms with Crippen molar-refractivity contribution in [2.24, 2.45) is 0 Å². The number of hydrogen-bond donors (Lipinski definition) is 2. The number of hydrogen-bond acceptors (Lipinski definition) is 3. The number of aromatic hydroxyl groups is 1. The van der Waals surface area contributed by atoms with Crippen molar-refractivity contribution in [3.8, 4) is 5.75 Å². The summed E-state index contributed by atoms with van der Waals surface area (Å²) >= 11 is 7.03. The lowest BCUT2D eigenvalue weighted by Gasteiger charge is -2.04. The van der Waals surface area contributed by atoms with Gasteiger partial charge in [0.1, 0.15) is 5.75 Å². The van der Waals surface area contributed by atoms with E-state index in [-0.39, 0.29) is 11.7 Å². The zero-order valence-corrected chi connectivity index (χ0v) is 11.1. The minimum absolute atomic E-state index is 0.106. The van der Waals surface area contributed by atoms with E-state index in [2.05, 4.69) is 5.32 Å². The molecule has 0 aliphatic heterocycles. The van der Waals surface area contributed by atoms with Gasteiger partial charge < -0.3 is 10.4 Å². The molecule has 0 unspecified atom stereocenters. The van der Waals surface area contributed by atoms with E-state index in [0.717, 1.165) is 12.0 Å². The summed E-state index contributed by atoms with van der Waals surface area (Å²) < 4.78 is 0.610. The first-order chi connectivity index (χ1) is 8.65. The number of carbonyl (C=O) groups excluding carboxylic acids is 1. The van der Waals surface area contributed by atoms with Crippen molar-refractivity contribution in [2.75, 3.05) is 6.54 Å². The smallest absolute Gasteiger partial charge is 0.261 e. The maximum Gasteiger partial charge on any atom is 0.261 e. The van der Waals surface area contributed by atoms with Gasteiger partial charge in [0.15, 0.2) is 0 Å². The summed E-state index contributed by atoms with van der Waals surface area (Å²) in [6.45, 7) is 0.555. The van der Waals surface area contributed by atoms with Crippen molar-refractivity contribution >= 4 is 28.8 Å². The lowest BCUT2D eigenvalue weighted by atomic mass is 10.1. The Morgan fingerprint density at radius 1 is 1.22 bits per heavy atom. The molecule has 18 heavy (non-hydrogen) atoms. The summed E-state index contributed by atoms with van der Waals surface area (Å²) in [5.41, 5.74) is 1.07. The summed E-state index contributed by atoms with van der Waals surface area (Å²) in [6.07, 6.45) is 0.727. The molecule has 2 aromatic rings. The number of benzene rings is 1. The van der Waals surface area contributed by atoms with Gasteiger partial charge in [-0.1, -0.05) is 23.7 Å². The molecule has 1 aromatic carbocycles. The van der Waals surface area contributed by atoms with Crippen LogP contribution in [0.3, 0.4) is 0 Å². The molecular weight excluding hydrogens is 270 g/mol. The molecule has 0 spiro atoms. The molecule has 0 atom stereocenters. The number of phenols is 1. The fourth-order valence-corrected chi connectivity index (χ4v) is 2.47.